The van der Waals surface area contributed by atoms with Crippen molar-refractivity contribution in [1.82, 2.24) is 24.9 Å². The number of nitrogens with one attached hydrogen (secondary N) is 1. The average molecular weight is 522 g/mol. The molecule has 4 rings (SSSR count). The minimum atomic E-state index is 0. The Kier molecular flexibility index (Phi) is 8.16. The van der Waals surface area contributed by atoms with Gasteiger partial charge in [-0.05, 0) is 50.4 Å². The monoisotopic (exact) mass is 522 g/mol. The molecule has 0 spiro atoms. The molecule has 2 atom stereocenters. The van der Waals surface area contributed by atoms with Gasteiger partial charge in [0.25, 0.3) is 0 Å². The van der Waals surface area contributed by atoms with E-state index < -0.39 is 0 Å². The van der Waals surface area contributed by atoms with Gasteiger partial charge in [-0.1, -0.05) is 29.8 Å². The Morgan fingerprint density at radius 3 is 2.57 bits per heavy atom. The van der Waals surface area contributed by atoms with Crippen LogP contribution in [0.15, 0.2) is 41.7 Å². The first-order valence-corrected chi connectivity index (χ1v) is 10.9. The van der Waals surface area contributed by atoms with Gasteiger partial charge < -0.3 is 10.2 Å². The van der Waals surface area contributed by atoms with E-state index in [1.54, 1.807) is 0 Å². The lowest BCUT2D eigenvalue weighted by molar-refractivity contribution is 0.244. The number of hydrogen-bond acceptors (Lipinski definition) is 3. The van der Waals surface area contributed by atoms with E-state index >= 15 is 0 Å². The first-order chi connectivity index (χ1) is 14.1. The van der Waals surface area contributed by atoms with Crippen molar-refractivity contribution < 1.29 is 0 Å². The molecule has 2 saturated heterocycles. The normalized spacial score (nSPS) is 21.0. The Hall–Kier alpha value is -1.61. The minimum absolute atomic E-state index is 0. The fourth-order valence-electron chi connectivity index (χ4n) is 4.70. The van der Waals surface area contributed by atoms with Crippen molar-refractivity contribution >= 4 is 29.9 Å². The molecule has 7 heteroatoms. The Morgan fingerprint density at radius 1 is 1.20 bits per heavy atom. The van der Waals surface area contributed by atoms with Crippen molar-refractivity contribution in [2.24, 2.45) is 12.0 Å². The van der Waals surface area contributed by atoms with Gasteiger partial charge in [-0.3, -0.25) is 14.6 Å². The van der Waals surface area contributed by atoms with E-state index in [1.807, 2.05) is 25.0 Å². The van der Waals surface area contributed by atoms with Crippen molar-refractivity contribution in [1.29, 1.82) is 0 Å². The maximum Gasteiger partial charge on any atom is 0.193 e. The molecule has 30 heavy (non-hydrogen) atoms. The summed E-state index contributed by atoms with van der Waals surface area (Å²) in [6, 6.07) is 9.43. The SMILES string of the molecule is CN=C(NCC(c1ccc(C)cc1)N1CCCC1)N1CCC(c2cnn(C)c2)C1.I. The molecule has 2 fully saturated rings. The molecule has 164 valence electrons. The van der Waals surface area contributed by atoms with Gasteiger partial charge in [-0.2, -0.15) is 5.10 Å². The van der Waals surface area contributed by atoms with Gasteiger partial charge in [-0.15, -0.1) is 24.0 Å². The average Bonchev–Trinajstić information content (AvgIpc) is 3.48. The molecule has 2 unspecified atom stereocenters. The number of benzene rings is 1. The zero-order chi connectivity index (χ0) is 20.2. The first kappa shape index (κ1) is 23.1. The number of guanidine groups is 1. The standard InChI is InChI=1S/C23H34N6.HI/c1-18-6-8-19(9-7-18)22(28-11-4-5-12-28)15-25-23(24-2)29-13-10-20(17-29)21-14-26-27(3)16-21;/h6-9,14,16,20,22H,4-5,10-13,15,17H2,1-3H3,(H,24,25);1H. The van der Waals surface area contributed by atoms with Gasteiger partial charge in [0.05, 0.1) is 12.2 Å². The molecule has 1 aromatic heterocycles. The maximum absolute atomic E-state index is 4.60. The molecule has 0 amide bonds. The molecule has 0 saturated carbocycles. The van der Waals surface area contributed by atoms with Crippen LogP contribution in [0.4, 0.5) is 0 Å². The number of aromatic nitrogens is 2. The van der Waals surface area contributed by atoms with E-state index in [4.69, 9.17) is 0 Å². The molecule has 1 N–H and O–H groups in total. The lowest BCUT2D eigenvalue weighted by atomic mass is 10.0. The molecule has 6 nitrogen and oxygen atoms in total. The maximum atomic E-state index is 4.60. The Bertz CT molecular complexity index is 824. The largest absolute Gasteiger partial charge is 0.354 e. The predicted octanol–water partition coefficient (Wildman–Crippen LogP) is 3.55. The first-order valence-electron chi connectivity index (χ1n) is 10.9. The summed E-state index contributed by atoms with van der Waals surface area (Å²) < 4.78 is 1.90. The smallest absolute Gasteiger partial charge is 0.193 e. The summed E-state index contributed by atoms with van der Waals surface area (Å²) in [7, 11) is 3.89. The van der Waals surface area contributed by atoms with Crippen LogP contribution in [0.1, 0.15) is 47.9 Å². The number of rotatable bonds is 5. The molecule has 2 aromatic rings. The molecular weight excluding hydrogens is 487 g/mol. The van der Waals surface area contributed by atoms with Gasteiger partial charge in [-0.25, -0.2) is 0 Å². The summed E-state index contributed by atoms with van der Waals surface area (Å²) in [5.74, 6) is 1.56. The second-order valence-electron chi connectivity index (χ2n) is 8.48. The van der Waals surface area contributed by atoms with E-state index in [-0.39, 0.29) is 24.0 Å². The Balaban J connectivity index is 0.00000256. The highest BCUT2D eigenvalue weighted by Gasteiger charge is 2.28. The molecule has 0 radical (unpaired) electrons. The number of halogens is 1. The lowest BCUT2D eigenvalue weighted by Gasteiger charge is -2.30. The summed E-state index contributed by atoms with van der Waals surface area (Å²) in [6.45, 7) is 7.46. The third kappa shape index (κ3) is 5.35. The van der Waals surface area contributed by atoms with Crippen LogP contribution in [0, 0.1) is 6.92 Å². The number of aryl methyl sites for hydroxylation is 2. The molecule has 2 aliphatic heterocycles. The molecule has 2 aliphatic rings. The van der Waals surface area contributed by atoms with Crippen LogP contribution >= 0.6 is 24.0 Å². The molecular formula is C23H35IN6. The van der Waals surface area contributed by atoms with Crippen molar-refractivity contribution in [2.45, 2.75) is 38.1 Å². The lowest BCUT2D eigenvalue weighted by Crippen LogP contribution is -2.44. The fourth-order valence-corrected chi connectivity index (χ4v) is 4.70. The summed E-state index contributed by atoms with van der Waals surface area (Å²) in [5, 5.41) is 8.03. The topological polar surface area (TPSA) is 48.7 Å². The third-order valence-corrected chi connectivity index (χ3v) is 6.39. The number of nitrogens with zero attached hydrogens (tertiary/aromatic N) is 5. The second kappa shape index (κ2) is 10.6. The van der Waals surface area contributed by atoms with Crippen molar-refractivity contribution in [2.75, 3.05) is 39.8 Å². The molecule has 3 heterocycles. The fraction of sp³-hybridized carbons (Fsp3) is 0.565. The highest BCUT2D eigenvalue weighted by atomic mass is 127. The minimum Gasteiger partial charge on any atom is -0.354 e. The summed E-state index contributed by atoms with van der Waals surface area (Å²) in [6.07, 6.45) is 7.90. The van der Waals surface area contributed by atoms with E-state index in [1.165, 1.54) is 42.6 Å². The van der Waals surface area contributed by atoms with Crippen molar-refractivity contribution in [3.63, 3.8) is 0 Å². The van der Waals surface area contributed by atoms with E-state index in [9.17, 15) is 0 Å². The van der Waals surface area contributed by atoms with Crippen LogP contribution in [-0.2, 0) is 7.05 Å². The summed E-state index contributed by atoms with van der Waals surface area (Å²) in [5.41, 5.74) is 4.05. The number of likely N-dealkylation sites (tertiary alicyclic amines) is 2. The van der Waals surface area contributed by atoms with Crippen LogP contribution in [0.5, 0.6) is 0 Å². The van der Waals surface area contributed by atoms with Crippen molar-refractivity contribution in [3.8, 4) is 0 Å². The van der Waals surface area contributed by atoms with Gasteiger partial charge in [0, 0.05) is 45.8 Å². The molecule has 0 bridgehead atoms. The van der Waals surface area contributed by atoms with Crippen LogP contribution in [0.3, 0.4) is 0 Å². The van der Waals surface area contributed by atoms with Crippen LogP contribution < -0.4 is 5.32 Å². The highest BCUT2D eigenvalue weighted by molar-refractivity contribution is 14.0. The molecule has 0 aliphatic carbocycles. The Morgan fingerprint density at radius 2 is 1.93 bits per heavy atom. The predicted molar refractivity (Wildman–Crippen MR) is 134 cm³/mol. The van der Waals surface area contributed by atoms with Gasteiger partial charge in [0.1, 0.15) is 0 Å². The van der Waals surface area contributed by atoms with Gasteiger partial charge in [0.15, 0.2) is 5.96 Å². The van der Waals surface area contributed by atoms with Gasteiger partial charge in [0.2, 0.25) is 0 Å². The zero-order valence-electron chi connectivity index (χ0n) is 18.4. The highest BCUT2D eigenvalue weighted by Crippen LogP contribution is 2.28. The quantitative estimate of drug-likeness (QED) is 0.371. The van der Waals surface area contributed by atoms with Crippen molar-refractivity contribution in [3.05, 3.63) is 53.3 Å². The Labute approximate surface area is 197 Å². The number of hydrogen-bond donors (Lipinski definition) is 1. The van der Waals surface area contributed by atoms with E-state index in [2.05, 4.69) is 62.6 Å². The van der Waals surface area contributed by atoms with E-state index in [0.29, 0.717) is 12.0 Å². The second-order valence-corrected chi connectivity index (χ2v) is 8.48. The van der Waals surface area contributed by atoms with Crippen LogP contribution in [0.2, 0.25) is 0 Å². The van der Waals surface area contributed by atoms with Gasteiger partial charge >= 0.3 is 0 Å². The van der Waals surface area contributed by atoms with E-state index in [0.717, 1.165) is 32.0 Å². The summed E-state index contributed by atoms with van der Waals surface area (Å²) >= 11 is 0. The zero-order valence-corrected chi connectivity index (χ0v) is 20.8. The summed E-state index contributed by atoms with van der Waals surface area (Å²) in [4.78, 5) is 9.62. The van der Waals surface area contributed by atoms with Crippen LogP contribution in [-0.4, -0.2) is 65.3 Å². The molecule has 1 aromatic carbocycles. The van der Waals surface area contributed by atoms with Crippen LogP contribution in [0.25, 0.3) is 0 Å². The number of aliphatic imine (C=N–C) groups is 1. The third-order valence-electron chi connectivity index (χ3n) is 6.39.